The minimum atomic E-state index is -4.42. The number of halogens is 5. The number of para-hydroxylation sites is 1. The number of alkyl halides is 4. The maximum atomic E-state index is 12.9. The zero-order valence-corrected chi connectivity index (χ0v) is 12.1. The third kappa shape index (κ3) is 6.04. The second-order valence-corrected chi connectivity index (χ2v) is 5.45. The van der Waals surface area contributed by atoms with Crippen LogP contribution in [0.25, 0.3) is 0 Å². The predicted molar refractivity (Wildman–Crippen MR) is 69.5 cm³/mol. The van der Waals surface area contributed by atoms with Crippen LogP contribution in [0.2, 0.25) is 0 Å². The van der Waals surface area contributed by atoms with Crippen LogP contribution in [0.1, 0.15) is 0 Å². The summed E-state index contributed by atoms with van der Waals surface area (Å²) in [7, 11) is -4.42. The molecule has 3 N–H and O–H groups in total. The summed E-state index contributed by atoms with van der Waals surface area (Å²) in [6.07, 6.45) is 0. The highest BCUT2D eigenvalue weighted by Crippen LogP contribution is 2.25. The zero-order valence-electron chi connectivity index (χ0n) is 10.4. The molecule has 0 fully saturated rings. The highest BCUT2D eigenvalue weighted by Gasteiger charge is 2.30. The number of hydrogen-bond acceptors (Lipinski definition) is 4. The lowest BCUT2D eigenvalue weighted by Gasteiger charge is -2.16. The van der Waals surface area contributed by atoms with Crippen LogP contribution in [0.4, 0.5) is 17.6 Å². The number of hydrogen-bond donors (Lipinski definition) is 2. The number of rotatable bonds is 7. The van der Waals surface area contributed by atoms with Gasteiger partial charge in [0.05, 0.1) is 13.1 Å². The Morgan fingerprint density at radius 3 is 2.38 bits per heavy atom. The molecular weight excluding hydrogens is 340 g/mol. The molecule has 1 aromatic rings. The van der Waals surface area contributed by atoms with E-state index in [0.717, 1.165) is 12.1 Å². The van der Waals surface area contributed by atoms with E-state index in [1.54, 1.807) is 4.72 Å². The SMILES string of the molecule is Cl.NCC(F)(F)CNS(=O)(=O)c1ccccc1OC(F)F. The number of benzene rings is 1. The highest BCUT2D eigenvalue weighted by molar-refractivity contribution is 7.89. The first-order chi connectivity index (χ1) is 9.18. The van der Waals surface area contributed by atoms with Gasteiger partial charge in [-0.15, -0.1) is 12.4 Å². The molecule has 21 heavy (non-hydrogen) atoms. The molecule has 0 amide bonds. The molecule has 0 bridgehead atoms. The Kier molecular flexibility index (Phi) is 7.37. The molecule has 0 saturated carbocycles. The number of ether oxygens (including phenoxy) is 1. The second-order valence-electron chi connectivity index (χ2n) is 3.71. The van der Waals surface area contributed by atoms with Crippen LogP contribution in [0, 0.1) is 0 Å². The van der Waals surface area contributed by atoms with E-state index in [1.165, 1.54) is 12.1 Å². The summed E-state index contributed by atoms with van der Waals surface area (Å²) in [5.41, 5.74) is 4.76. The lowest BCUT2D eigenvalue weighted by atomic mass is 10.3. The van der Waals surface area contributed by atoms with Gasteiger partial charge in [0.15, 0.2) is 0 Å². The molecule has 0 spiro atoms. The average molecular weight is 353 g/mol. The maximum Gasteiger partial charge on any atom is 0.387 e. The molecule has 122 valence electrons. The van der Waals surface area contributed by atoms with Crippen LogP contribution in [-0.2, 0) is 10.0 Å². The van der Waals surface area contributed by atoms with E-state index in [2.05, 4.69) is 4.74 Å². The summed E-state index contributed by atoms with van der Waals surface area (Å²) in [5.74, 6) is -4.07. The molecule has 1 rings (SSSR count). The fourth-order valence-corrected chi connectivity index (χ4v) is 2.41. The molecule has 0 aliphatic rings. The maximum absolute atomic E-state index is 12.9. The minimum absolute atomic E-state index is 0. The van der Waals surface area contributed by atoms with Crippen LogP contribution < -0.4 is 15.2 Å². The van der Waals surface area contributed by atoms with Gasteiger partial charge in [-0.05, 0) is 12.1 Å². The van der Waals surface area contributed by atoms with Crippen molar-refractivity contribution < 1.29 is 30.7 Å². The summed E-state index contributed by atoms with van der Waals surface area (Å²) in [6.45, 7) is -5.53. The van der Waals surface area contributed by atoms with Crippen LogP contribution >= 0.6 is 12.4 Å². The van der Waals surface area contributed by atoms with Gasteiger partial charge in [0.25, 0.3) is 5.92 Å². The largest absolute Gasteiger partial charge is 0.433 e. The molecule has 0 saturated heterocycles. The molecule has 11 heteroatoms. The van der Waals surface area contributed by atoms with Gasteiger partial charge >= 0.3 is 6.61 Å². The number of sulfonamides is 1. The minimum Gasteiger partial charge on any atom is -0.433 e. The van der Waals surface area contributed by atoms with Gasteiger partial charge < -0.3 is 10.5 Å². The fourth-order valence-electron chi connectivity index (χ4n) is 1.22. The van der Waals surface area contributed by atoms with Gasteiger partial charge in [-0.3, -0.25) is 0 Å². The number of nitrogens with two attached hydrogens (primary N) is 1. The molecule has 0 atom stereocenters. The van der Waals surface area contributed by atoms with Crippen LogP contribution in [0.15, 0.2) is 29.2 Å². The third-order valence-corrected chi connectivity index (χ3v) is 3.61. The Bertz CT molecular complexity index is 557. The summed E-state index contributed by atoms with van der Waals surface area (Å²) >= 11 is 0. The Hall–Kier alpha value is -1.10. The third-order valence-electron chi connectivity index (χ3n) is 2.17. The van der Waals surface area contributed by atoms with E-state index in [-0.39, 0.29) is 12.4 Å². The summed E-state index contributed by atoms with van der Waals surface area (Å²) in [6, 6.07) is 4.46. The van der Waals surface area contributed by atoms with E-state index in [0.29, 0.717) is 0 Å². The van der Waals surface area contributed by atoms with E-state index in [1.807, 2.05) is 0 Å². The molecule has 0 radical (unpaired) electrons. The Balaban J connectivity index is 0.00000400. The number of nitrogens with one attached hydrogen (secondary N) is 1. The predicted octanol–water partition coefficient (Wildman–Crippen LogP) is 1.58. The normalized spacial score (nSPS) is 12.1. The topological polar surface area (TPSA) is 81.4 Å². The van der Waals surface area contributed by atoms with E-state index >= 15 is 0 Å². The van der Waals surface area contributed by atoms with Crippen molar-refractivity contribution in [2.24, 2.45) is 5.73 Å². The molecule has 0 heterocycles. The fraction of sp³-hybridized carbons (Fsp3) is 0.400. The Morgan fingerprint density at radius 1 is 1.29 bits per heavy atom. The van der Waals surface area contributed by atoms with Gasteiger partial charge in [0, 0.05) is 0 Å². The Labute approximate surface area is 124 Å². The second kappa shape index (κ2) is 7.78. The van der Waals surface area contributed by atoms with Crippen molar-refractivity contribution >= 4 is 22.4 Å². The van der Waals surface area contributed by atoms with Gasteiger partial charge in [0.1, 0.15) is 10.6 Å². The summed E-state index contributed by atoms with van der Waals surface area (Å²) < 4.78 is 79.3. The lowest BCUT2D eigenvalue weighted by molar-refractivity contribution is -0.0517. The molecule has 0 aromatic heterocycles. The van der Waals surface area contributed by atoms with E-state index in [4.69, 9.17) is 5.73 Å². The molecule has 1 aromatic carbocycles. The molecule has 5 nitrogen and oxygen atoms in total. The van der Waals surface area contributed by atoms with Crippen molar-refractivity contribution in [1.29, 1.82) is 0 Å². The first kappa shape index (κ1) is 19.9. The summed E-state index contributed by atoms with van der Waals surface area (Å²) in [4.78, 5) is -0.659. The molecule has 0 aliphatic carbocycles. The van der Waals surface area contributed by atoms with Crippen molar-refractivity contribution in [3.8, 4) is 5.75 Å². The Morgan fingerprint density at radius 2 is 1.86 bits per heavy atom. The molecule has 0 aliphatic heterocycles. The first-order valence-corrected chi connectivity index (χ1v) is 6.78. The average Bonchev–Trinajstić information content (AvgIpc) is 2.36. The standard InChI is InChI=1S/C10H12F4N2O3S.ClH/c11-9(12)19-7-3-1-2-4-8(7)20(17,18)16-6-10(13,14)5-15;/h1-4,9,16H,5-6,15H2;1H. The van der Waals surface area contributed by atoms with Crippen molar-refractivity contribution in [3.63, 3.8) is 0 Å². The van der Waals surface area contributed by atoms with Crippen molar-refractivity contribution in [2.45, 2.75) is 17.4 Å². The van der Waals surface area contributed by atoms with Crippen LogP contribution in [-0.4, -0.2) is 34.0 Å². The van der Waals surface area contributed by atoms with E-state index in [9.17, 15) is 26.0 Å². The highest BCUT2D eigenvalue weighted by atomic mass is 35.5. The molecular formula is C10H13ClF4N2O3S. The lowest BCUT2D eigenvalue weighted by Crippen LogP contribution is -2.41. The quantitative estimate of drug-likeness (QED) is 0.730. The summed E-state index contributed by atoms with van der Waals surface area (Å²) in [5, 5.41) is 0. The smallest absolute Gasteiger partial charge is 0.387 e. The monoisotopic (exact) mass is 352 g/mol. The zero-order chi connectivity index (χ0) is 15.4. The van der Waals surface area contributed by atoms with Gasteiger partial charge in [-0.25, -0.2) is 21.9 Å². The van der Waals surface area contributed by atoms with Crippen LogP contribution in [0.3, 0.4) is 0 Å². The van der Waals surface area contributed by atoms with Gasteiger partial charge in [-0.2, -0.15) is 8.78 Å². The van der Waals surface area contributed by atoms with Gasteiger partial charge in [-0.1, -0.05) is 12.1 Å². The van der Waals surface area contributed by atoms with Crippen LogP contribution in [0.5, 0.6) is 5.75 Å². The van der Waals surface area contributed by atoms with Crippen molar-refractivity contribution in [2.75, 3.05) is 13.1 Å². The van der Waals surface area contributed by atoms with Crippen molar-refractivity contribution in [3.05, 3.63) is 24.3 Å². The first-order valence-electron chi connectivity index (χ1n) is 5.29. The van der Waals surface area contributed by atoms with Crippen molar-refractivity contribution in [1.82, 2.24) is 4.72 Å². The van der Waals surface area contributed by atoms with E-state index < -0.39 is 46.3 Å². The molecule has 0 unspecified atom stereocenters. The van der Waals surface area contributed by atoms with Gasteiger partial charge in [0.2, 0.25) is 10.0 Å².